The van der Waals surface area contributed by atoms with E-state index in [0.717, 1.165) is 25.7 Å². The topological polar surface area (TPSA) is 43.4 Å². The average Bonchev–Trinajstić information content (AvgIpc) is 2.40. The van der Waals surface area contributed by atoms with Crippen molar-refractivity contribution < 1.29 is 14.3 Å². The monoisotopic (exact) mass is 262 g/mol. The molecule has 0 fully saturated rings. The van der Waals surface area contributed by atoms with Crippen LogP contribution in [0, 0.1) is 5.92 Å². The predicted octanol–water partition coefficient (Wildman–Crippen LogP) is 3.76. The van der Waals surface area contributed by atoms with Crippen molar-refractivity contribution in [2.45, 2.75) is 46.5 Å². The molecule has 3 nitrogen and oxygen atoms in total. The second-order valence-corrected chi connectivity index (χ2v) is 4.85. The number of hydrogen-bond donors (Lipinski definition) is 0. The Labute approximate surface area is 115 Å². The molecule has 0 bridgehead atoms. The van der Waals surface area contributed by atoms with Crippen LogP contribution in [-0.4, -0.2) is 11.9 Å². The molecule has 1 rings (SSSR count). The van der Waals surface area contributed by atoms with E-state index in [1.807, 2.05) is 19.1 Å². The smallest absolute Gasteiger partial charge is 0.345 e. The molecule has 1 aromatic carbocycles. The van der Waals surface area contributed by atoms with Gasteiger partial charge in [0.2, 0.25) is 0 Å². The first-order valence-corrected chi connectivity index (χ1v) is 6.93. The zero-order valence-electron chi connectivity index (χ0n) is 11.9. The van der Waals surface area contributed by atoms with Crippen LogP contribution in [0.15, 0.2) is 24.3 Å². The molecule has 19 heavy (non-hydrogen) atoms. The van der Waals surface area contributed by atoms with Gasteiger partial charge in [-0.05, 0) is 30.5 Å². The third kappa shape index (κ3) is 4.86. The molecule has 3 heteroatoms. The lowest BCUT2D eigenvalue weighted by molar-refractivity contribution is -0.142. The van der Waals surface area contributed by atoms with Gasteiger partial charge in [-0.2, -0.15) is 0 Å². The zero-order chi connectivity index (χ0) is 14.3. The molecule has 0 aromatic heterocycles. The van der Waals surface area contributed by atoms with Gasteiger partial charge >= 0.3 is 11.9 Å². The van der Waals surface area contributed by atoms with Crippen LogP contribution in [0.2, 0.25) is 0 Å². The lowest BCUT2D eigenvalue weighted by atomic mass is 10.1. The third-order valence-corrected chi connectivity index (χ3v) is 3.05. The Morgan fingerprint density at radius 3 is 2.26 bits per heavy atom. The minimum absolute atomic E-state index is 0.228. The fourth-order valence-corrected chi connectivity index (χ4v) is 1.90. The van der Waals surface area contributed by atoms with Gasteiger partial charge in [-0.1, -0.05) is 45.7 Å². The highest BCUT2D eigenvalue weighted by atomic mass is 16.6. The third-order valence-electron chi connectivity index (χ3n) is 3.05. The van der Waals surface area contributed by atoms with Gasteiger partial charge < -0.3 is 4.74 Å². The molecule has 0 spiro atoms. The number of ether oxygens (including phenoxy) is 1. The molecular formula is C16H22O3. The minimum atomic E-state index is -0.559. The average molecular weight is 262 g/mol. The number of rotatable bonds is 6. The zero-order valence-corrected chi connectivity index (χ0v) is 11.9. The maximum atomic E-state index is 11.8. The summed E-state index contributed by atoms with van der Waals surface area (Å²) in [5.74, 6) is -1.23. The molecule has 0 aliphatic carbocycles. The van der Waals surface area contributed by atoms with Crippen LogP contribution in [-0.2, 0) is 16.0 Å². The molecule has 1 atom stereocenters. The second-order valence-electron chi connectivity index (χ2n) is 4.85. The predicted molar refractivity (Wildman–Crippen MR) is 74.9 cm³/mol. The molecule has 0 radical (unpaired) electrons. The summed E-state index contributed by atoms with van der Waals surface area (Å²) in [6.45, 7) is 5.89. The van der Waals surface area contributed by atoms with Crippen LogP contribution in [0.3, 0.4) is 0 Å². The first-order valence-electron chi connectivity index (χ1n) is 6.93. The molecule has 1 unspecified atom stereocenters. The Bertz CT molecular complexity index is 420. The van der Waals surface area contributed by atoms with Gasteiger partial charge in [-0.15, -0.1) is 0 Å². The lowest BCUT2D eigenvalue weighted by Gasteiger charge is -2.09. The summed E-state index contributed by atoms with van der Waals surface area (Å²) < 4.78 is 4.87. The van der Waals surface area contributed by atoms with Gasteiger partial charge in [-0.3, -0.25) is 4.79 Å². The van der Waals surface area contributed by atoms with Crippen LogP contribution in [0.1, 0.15) is 56.0 Å². The van der Waals surface area contributed by atoms with E-state index < -0.39 is 11.9 Å². The Morgan fingerprint density at radius 2 is 1.74 bits per heavy atom. The Balaban J connectivity index is 2.60. The normalized spacial score (nSPS) is 11.9. The van der Waals surface area contributed by atoms with Gasteiger partial charge in [0, 0.05) is 0 Å². The van der Waals surface area contributed by atoms with Gasteiger partial charge in [0.15, 0.2) is 0 Å². The Morgan fingerprint density at radius 1 is 1.11 bits per heavy atom. The van der Waals surface area contributed by atoms with Crippen LogP contribution < -0.4 is 0 Å². The van der Waals surface area contributed by atoms with Gasteiger partial charge in [0.25, 0.3) is 0 Å². The number of carbonyl (C=O) groups excluding carboxylic acids is 2. The van der Waals surface area contributed by atoms with E-state index in [1.54, 1.807) is 19.1 Å². The summed E-state index contributed by atoms with van der Waals surface area (Å²) in [7, 11) is 0. The van der Waals surface area contributed by atoms with Crippen molar-refractivity contribution in [3.63, 3.8) is 0 Å². The molecule has 0 saturated heterocycles. The quantitative estimate of drug-likeness (QED) is 0.579. The summed E-state index contributed by atoms with van der Waals surface area (Å²) >= 11 is 0. The molecule has 104 valence electrons. The highest BCUT2D eigenvalue weighted by molar-refractivity contribution is 5.97. The fourth-order valence-electron chi connectivity index (χ4n) is 1.90. The maximum absolute atomic E-state index is 11.8. The van der Waals surface area contributed by atoms with Crippen molar-refractivity contribution in [2.75, 3.05) is 0 Å². The van der Waals surface area contributed by atoms with Crippen molar-refractivity contribution in [1.82, 2.24) is 0 Å². The molecule has 0 aliphatic heterocycles. The van der Waals surface area contributed by atoms with Crippen LogP contribution in [0.5, 0.6) is 0 Å². The van der Waals surface area contributed by atoms with E-state index in [0.29, 0.717) is 5.56 Å². The maximum Gasteiger partial charge on any atom is 0.345 e. The highest BCUT2D eigenvalue weighted by Crippen LogP contribution is 2.11. The van der Waals surface area contributed by atoms with E-state index in [4.69, 9.17) is 4.74 Å². The summed E-state index contributed by atoms with van der Waals surface area (Å²) in [5, 5.41) is 0. The van der Waals surface area contributed by atoms with Gasteiger partial charge in [0.05, 0.1) is 11.5 Å². The minimum Gasteiger partial charge on any atom is -0.389 e. The first kappa shape index (κ1) is 15.4. The second kappa shape index (κ2) is 7.72. The highest BCUT2D eigenvalue weighted by Gasteiger charge is 2.18. The van der Waals surface area contributed by atoms with Gasteiger partial charge in [-0.25, -0.2) is 4.79 Å². The number of hydrogen-bond acceptors (Lipinski definition) is 3. The number of esters is 2. The summed E-state index contributed by atoms with van der Waals surface area (Å²) in [6.07, 6.45) is 3.69. The van der Waals surface area contributed by atoms with Crippen molar-refractivity contribution >= 4 is 11.9 Å². The van der Waals surface area contributed by atoms with E-state index in [1.165, 1.54) is 5.56 Å². The molecule has 0 amide bonds. The lowest BCUT2D eigenvalue weighted by Crippen LogP contribution is -2.19. The van der Waals surface area contributed by atoms with Crippen LogP contribution >= 0.6 is 0 Å². The number of aryl methyl sites for hydroxylation is 1. The van der Waals surface area contributed by atoms with Crippen molar-refractivity contribution in [2.24, 2.45) is 5.92 Å². The van der Waals surface area contributed by atoms with Crippen LogP contribution in [0.25, 0.3) is 0 Å². The number of carbonyl (C=O) groups is 2. The van der Waals surface area contributed by atoms with E-state index in [-0.39, 0.29) is 5.92 Å². The van der Waals surface area contributed by atoms with Gasteiger partial charge in [0.1, 0.15) is 0 Å². The van der Waals surface area contributed by atoms with Crippen molar-refractivity contribution in [3.05, 3.63) is 35.4 Å². The van der Waals surface area contributed by atoms with Crippen molar-refractivity contribution in [1.29, 1.82) is 0 Å². The van der Waals surface area contributed by atoms with E-state index in [9.17, 15) is 9.59 Å². The van der Waals surface area contributed by atoms with E-state index >= 15 is 0 Å². The fraction of sp³-hybridized carbons (Fsp3) is 0.500. The first-order chi connectivity index (χ1) is 9.08. The summed E-state index contributed by atoms with van der Waals surface area (Å²) in [6, 6.07) is 7.23. The molecule has 0 N–H and O–H groups in total. The largest absolute Gasteiger partial charge is 0.389 e. The Kier molecular flexibility index (Phi) is 6.26. The Hall–Kier alpha value is -1.64. The summed E-state index contributed by atoms with van der Waals surface area (Å²) in [4.78, 5) is 23.4. The SMILES string of the molecule is CCCc1ccc(C(=O)OC(=O)C(C)CCC)cc1. The van der Waals surface area contributed by atoms with E-state index in [2.05, 4.69) is 6.92 Å². The summed E-state index contributed by atoms with van der Waals surface area (Å²) in [5.41, 5.74) is 1.61. The standard InChI is InChI=1S/C16H22O3/c1-4-6-12(3)15(17)19-16(18)14-10-8-13(7-5-2)9-11-14/h8-12H,4-7H2,1-3H3. The van der Waals surface area contributed by atoms with Crippen LogP contribution in [0.4, 0.5) is 0 Å². The molecule has 0 heterocycles. The molecular weight excluding hydrogens is 240 g/mol. The number of benzene rings is 1. The molecule has 0 aliphatic rings. The molecule has 1 aromatic rings. The van der Waals surface area contributed by atoms with Crippen molar-refractivity contribution in [3.8, 4) is 0 Å². The molecule has 0 saturated carbocycles.